The number of non-ortho nitro benzene ring substituents is 1. The summed E-state index contributed by atoms with van der Waals surface area (Å²) in [6.45, 7) is 1.82. The van der Waals surface area contributed by atoms with Crippen molar-refractivity contribution in [3.05, 3.63) is 33.9 Å². The molecular formula is C17H23N3O3. The largest absolute Gasteiger partial charge is 0.371 e. The average molecular weight is 317 g/mol. The summed E-state index contributed by atoms with van der Waals surface area (Å²) in [6.07, 6.45) is 6.55. The summed E-state index contributed by atoms with van der Waals surface area (Å²) in [5.41, 5.74) is 1.29. The van der Waals surface area contributed by atoms with Crippen LogP contribution in [0.5, 0.6) is 0 Å². The first-order valence-corrected chi connectivity index (χ1v) is 8.38. The molecule has 1 aliphatic heterocycles. The zero-order valence-corrected chi connectivity index (χ0v) is 13.5. The van der Waals surface area contributed by atoms with Crippen molar-refractivity contribution in [1.82, 2.24) is 4.90 Å². The number of rotatable bonds is 4. The molecule has 1 amide bonds. The maximum Gasteiger partial charge on any atom is 0.270 e. The molecular weight excluding hydrogens is 294 g/mol. The summed E-state index contributed by atoms with van der Waals surface area (Å²) < 4.78 is 0. The first kappa shape index (κ1) is 15.8. The van der Waals surface area contributed by atoms with Gasteiger partial charge < -0.3 is 9.80 Å². The van der Waals surface area contributed by atoms with Crippen LogP contribution < -0.4 is 4.90 Å². The lowest BCUT2D eigenvalue weighted by atomic mass is 10.1. The zero-order valence-electron chi connectivity index (χ0n) is 13.5. The van der Waals surface area contributed by atoms with E-state index >= 15 is 0 Å². The minimum Gasteiger partial charge on any atom is -0.371 e. The number of nitro benzene ring substituents is 1. The second-order valence-corrected chi connectivity index (χ2v) is 6.51. The predicted molar refractivity (Wildman–Crippen MR) is 88.9 cm³/mol. The molecule has 0 spiro atoms. The molecule has 2 fully saturated rings. The topological polar surface area (TPSA) is 66.7 Å². The first-order chi connectivity index (χ1) is 11.1. The number of nitrogens with zero attached hydrogens (tertiary/aromatic N) is 3. The van der Waals surface area contributed by atoms with Crippen molar-refractivity contribution >= 4 is 17.3 Å². The second-order valence-electron chi connectivity index (χ2n) is 6.51. The first-order valence-electron chi connectivity index (χ1n) is 8.38. The van der Waals surface area contributed by atoms with E-state index in [9.17, 15) is 14.9 Å². The standard InChI is InChI=1S/C17H23N3O3/c1-18(13-6-2-3-7-13)17(21)15-12-14(20(22)23)8-9-16(15)19-10-4-5-11-19/h8-9,12-13H,2-7,10-11H2,1H3. The highest BCUT2D eigenvalue weighted by Gasteiger charge is 2.28. The van der Waals surface area contributed by atoms with Crippen molar-refractivity contribution < 1.29 is 9.72 Å². The Bertz CT molecular complexity index is 605. The van der Waals surface area contributed by atoms with Crippen molar-refractivity contribution in [3.8, 4) is 0 Å². The van der Waals surface area contributed by atoms with Gasteiger partial charge in [0.25, 0.3) is 11.6 Å². The van der Waals surface area contributed by atoms with Gasteiger partial charge in [-0.2, -0.15) is 0 Å². The lowest BCUT2D eigenvalue weighted by Gasteiger charge is -2.27. The Morgan fingerprint density at radius 3 is 2.48 bits per heavy atom. The zero-order chi connectivity index (χ0) is 16.4. The third kappa shape index (κ3) is 3.16. The fraction of sp³-hybridized carbons (Fsp3) is 0.588. The van der Waals surface area contributed by atoms with Gasteiger partial charge >= 0.3 is 0 Å². The van der Waals surface area contributed by atoms with Gasteiger partial charge in [0.2, 0.25) is 0 Å². The van der Waals surface area contributed by atoms with E-state index in [1.807, 2.05) is 7.05 Å². The maximum absolute atomic E-state index is 13.0. The summed E-state index contributed by atoms with van der Waals surface area (Å²) in [6, 6.07) is 4.94. The number of benzene rings is 1. The van der Waals surface area contributed by atoms with Gasteiger partial charge in [-0.1, -0.05) is 12.8 Å². The SMILES string of the molecule is CN(C(=O)c1cc([N+](=O)[O-])ccc1N1CCCC1)C1CCCC1. The Kier molecular flexibility index (Phi) is 4.50. The molecule has 1 aromatic carbocycles. The lowest BCUT2D eigenvalue weighted by Crippen LogP contribution is -2.36. The molecule has 3 rings (SSSR count). The van der Waals surface area contributed by atoms with Gasteiger partial charge in [-0.05, 0) is 31.7 Å². The Hall–Kier alpha value is -2.11. The Morgan fingerprint density at radius 1 is 1.22 bits per heavy atom. The van der Waals surface area contributed by atoms with Crippen LogP contribution in [0.15, 0.2) is 18.2 Å². The number of hydrogen-bond acceptors (Lipinski definition) is 4. The van der Waals surface area contributed by atoms with Crippen LogP contribution in [0.25, 0.3) is 0 Å². The molecule has 0 aromatic heterocycles. The maximum atomic E-state index is 13.0. The predicted octanol–water partition coefficient (Wildman–Crippen LogP) is 3.21. The number of carbonyl (C=O) groups excluding carboxylic acids is 1. The fourth-order valence-electron chi connectivity index (χ4n) is 3.69. The summed E-state index contributed by atoms with van der Waals surface area (Å²) in [5.74, 6) is -0.0949. The van der Waals surface area contributed by atoms with Crippen LogP contribution in [0.2, 0.25) is 0 Å². The van der Waals surface area contributed by atoms with Crippen LogP contribution in [0, 0.1) is 10.1 Å². The van der Waals surface area contributed by atoms with Gasteiger partial charge in [0.1, 0.15) is 0 Å². The van der Waals surface area contributed by atoms with E-state index in [-0.39, 0.29) is 17.6 Å². The fourth-order valence-corrected chi connectivity index (χ4v) is 3.69. The molecule has 1 heterocycles. The van der Waals surface area contributed by atoms with Crippen molar-refractivity contribution in [2.24, 2.45) is 0 Å². The minimum atomic E-state index is -0.430. The number of hydrogen-bond donors (Lipinski definition) is 0. The molecule has 0 radical (unpaired) electrons. The van der Waals surface area contributed by atoms with Crippen LogP contribution in [0.4, 0.5) is 11.4 Å². The van der Waals surface area contributed by atoms with Gasteiger partial charge in [-0.15, -0.1) is 0 Å². The van der Waals surface area contributed by atoms with Gasteiger partial charge in [0, 0.05) is 38.3 Å². The third-order valence-electron chi connectivity index (χ3n) is 5.06. The van der Waals surface area contributed by atoms with E-state index in [2.05, 4.69) is 4.90 Å². The van der Waals surface area contributed by atoms with E-state index in [4.69, 9.17) is 0 Å². The molecule has 6 nitrogen and oxygen atoms in total. The molecule has 0 N–H and O–H groups in total. The number of amides is 1. The van der Waals surface area contributed by atoms with Gasteiger partial charge in [0.15, 0.2) is 0 Å². The van der Waals surface area contributed by atoms with Crippen LogP contribution in [0.3, 0.4) is 0 Å². The van der Waals surface area contributed by atoms with Crippen LogP contribution in [-0.4, -0.2) is 41.9 Å². The van der Waals surface area contributed by atoms with Crippen molar-refractivity contribution in [3.63, 3.8) is 0 Å². The molecule has 124 valence electrons. The molecule has 0 bridgehead atoms. The Labute approximate surface area is 136 Å². The van der Waals surface area contributed by atoms with Gasteiger partial charge in [-0.3, -0.25) is 14.9 Å². The molecule has 1 aliphatic carbocycles. The smallest absolute Gasteiger partial charge is 0.270 e. The van der Waals surface area contributed by atoms with Gasteiger partial charge in [-0.25, -0.2) is 0 Å². The van der Waals surface area contributed by atoms with Crippen molar-refractivity contribution in [2.45, 2.75) is 44.6 Å². The van der Waals surface area contributed by atoms with E-state index in [1.165, 1.54) is 12.1 Å². The second kappa shape index (κ2) is 6.56. The van der Waals surface area contributed by atoms with Crippen LogP contribution >= 0.6 is 0 Å². The number of nitro groups is 1. The summed E-state index contributed by atoms with van der Waals surface area (Å²) in [5, 5.41) is 11.1. The van der Waals surface area contributed by atoms with E-state index in [0.29, 0.717) is 5.56 Å². The molecule has 23 heavy (non-hydrogen) atoms. The molecule has 2 aliphatic rings. The molecule has 1 saturated carbocycles. The molecule has 0 atom stereocenters. The van der Waals surface area contributed by atoms with E-state index in [0.717, 1.165) is 57.3 Å². The molecule has 1 aromatic rings. The Morgan fingerprint density at radius 2 is 1.87 bits per heavy atom. The van der Waals surface area contributed by atoms with Crippen molar-refractivity contribution in [2.75, 3.05) is 25.0 Å². The van der Waals surface area contributed by atoms with E-state index in [1.54, 1.807) is 11.0 Å². The quantitative estimate of drug-likeness (QED) is 0.632. The molecule has 0 unspecified atom stereocenters. The summed E-state index contributed by atoms with van der Waals surface area (Å²) in [4.78, 5) is 27.6. The normalized spacial score (nSPS) is 18.4. The lowest BCUT2D eigenvalue weighted by molar-refractivity contribution is -0.384. The Balaban J connectivity index is 1.94. The highest BCUT2D eigenvalue weighted by atomic mass is 16.6. The molecule has 6 heteroatoms. The number of anilines is 1. The third-order valence-corrected chi connectivity index (χ3v) is 5.06. The summed E-state index contributed by atoms with van der Waals surface area (Å²) >= 11 is 0. The molecule has 1 saturated heterocycles. The summed E-state index contributed by atoms with van der Waals surface area (Å²) in [7, 11) is 1.82. The highest BCUT2D eigenvalue weighted by Crippen LogP contribution is 2.31. The van der Waals surface area contributed by atoms with Crippen LogP contribution in [0.1, 0.15) is 48.9 Å². The minimum absolute atomic E-state index is 0.0175. The monoisotopic (exact) mass is 317 g/mol. The highest BCUT2D eigenvalue weighted by molar-refractivity contribution is 6.00. The van der Waals surface area contributed by atoms with Gasteiger partial charge in [0.05, 0.1) is 16.2 Å². The average Bonchev–Trinajstić information content (AvgIpc) is 3.25. The van der Waals surface area contributed by atoms with E-state index < -0.39 is 4.92 Å². The number of carbonyl (C=O) groups is 1. The van der Waals surface area contributed by atoms with Crippen molar-refractivity contribution in [1.29, 1.82) is 0 Å². The van der Waals surface area contributed by atoms with Crippen LogP contribution in [-0.2, 0) is 0 Å².